The number of benzene rings is 1. The maximum absolute atomic E-state index is 12.8. The summed E-state index contributed by atoms with van der Waals surface area (Å²) in [6.07, 6.45) is 0. The van der Waals surface area contributed by atoms with Gasteiger partial charge in [-0.2, -0.15) is 0 Å². The first-order chi connectivity index (χ1) is 10.8. The average molecular weight is 399 g/mol. The number of rotatable bonds is 4. The fourth-order valence-corrected chi connectivity index (χ4v) is 3.45. The van der Waals surface area contributed by atoms with Crippen LogP contribution < -0.4 is 0 Å². The van der Waals surface area contributed by atoms with Gasteiger partial charge in [0, 0.05) is 0 Å². The SMILES string of the molecule is CCOC(=O)c1nc(Br)c(C)nc1S(=O)(=O)c1ccc(C)cc1. The number of hydrogen-bond acceptors (Lipinski definition) is 6. The second-order valence-corrected chi connectivity index (χ2v) is 7.41. The summed E-state index contributed by atoms with van der Waals surface area (Å²) in [4.78, 5) is 20.1. The fourth-order valence-electron chi connectivity index (χ4n) is 1.83. The number of hydrogen-bond donors (Lipinski definition) is 0. The molecular formula is C15H15BrN2O4S. The molecule has 8 heteroatoms. The molecule has 6 nitrogen and oxygen atoms in total. The van der Waals surface area contributed by atoms with E-state index in [-0.39, 0.29) is 17.2 Å². The van der Waals surface area contributed by atoms with Crippen molar-refractivity contribution in [1.29, 1.82) is 0 Å². The zero-order valence-electron chi connectivity index (χ0n) is 12.8. The highest BCUT2D eigenvalue weighted by atomic mass is 79.9. The third kappa shape index (κ3) is 3.59. The number of aryl methyl sites for hydroxylation is 2. The van der Waals surface area contributed by atoms with Gasteiger partial charge in [-0.3, -0.25) is 0 Å². The van der Waals surface area contributed by atoms with Crippen molar-refractivity contribution >= 4 is 31.7 Å². The Labute approximate surface area is 143 Å². The highest BCUT2D eigenvalue weighted by Crippen LogP contribution is 2.25. The van der Waals surface area contributed by atoms with Gasteiger partial charge in [-0.1, -0.05) is 17.7 Å². The largest absolute Gasteiger partial charge is 0.461 e. The minimum Gasteiger partial charge on any atom is -0.461 e. The van der Waals surface area contributed by atoms with Gasteiger partial charge in [0.1, 0.15) is 4.60 Å². The summed E-state index contributed by atoms with van der Waals surface area (Å²) < 4.78 is 30.8. The smallest absolute Gasteiger partial charge is 0.360 e. The lowest BCUT2D eigenvalue weighted by atomic mass is 10.2. The zero-order valence-corrected chi connectivity index (χ0v) is 15.2. The minimum atomic E-state index is -3.98. The molecule has 2 aromatic rings. The van der Waals surface area contributed by atoms with E-state index in [1.54, 1.807) is 26.0 Å². The van der Waals surface area contributed by atoms with Crippen molar-refractivity contribution in [2.24, 2.45) is 0 Å². The lowest BCUT2D eigenvalue weighted by Crippen LogP contribution is -2.17. The Balaban J connectivity index is 2.67. The van der Waals surface area contributed by atoms with Crippen LogP contribution in [-0.4, -0.2) is 31.0 Å². The van der Waals surface area contributed by atoms with Crippen LogP contribution in [0.5, 0.6) is 0 Å². The van der Waals surface area contributed by atoms with Gasteiger partial charge in [0.2, 0.25) is 9.84 Å². The predicted molar refractivity (Wildman–Crippen MR) is 87.1 cm³/mol. The maximum atomic E-state index is 12.8. The topological polar surface area (TPSA) is 86.2 Å². The third-order valence-corrected chi connectivity index (χ3v) is 5.47. The van der Waals surface area contributed by atoms with E-state index in [1.807, 2.05) is 6.92 Å². The van der Waals surface area contributed by atoms with Gasteiger partial charge in [-0.25, -0.2) is 23.2 Å². The third-order valence-electron chi connectivity index (χ3n) is 3.03. The minimum absolute atomic E-state index is 0.0460. The summed E-state index contributed by atoms with van der Waals surface area (Å²) >= 11 is 3.16. The Morgan fingerprint density at radius 2 is 1.78 bits per heavy atom. The molecule has 23 heavy (non-hydrogen) atoms. The molecule has 0 spiro atoms. The maximum Gasteiger partial charge on any atom is 0.360 e. The van der Waals surface area contributed by atoms with Crippen LogP contribution in [0.4, 0.5) is 0 Å². The van der Waals surface area contributed by atoms with Gasteiger partial charge in [0.05, 0.1) is 17.2 Å². The highest BCUT2D eigenvalue weighted by molar-refractivity contribution is 9.10. The molecule has 0 amide bonds. The monoisotopic (exact) mass is 398 g/mol. The molecule has 0 unspecified atom stereocenters. The molecule has 0 atom stereocenters. The fraction of sp³-hybridized carbons (Fsp3) is 0.267. The van der Waals surface area contributed by atoms with Crippen molar-refractivity contribution < 1.29 is 17.9 Å². The van der Waals surface area contributed by atoms with Crippen LogP contribution in [0.15, 0.2) is 38.8 Å². The molecular weight excluding hydrogens is 384 g/mol. The van der Waals surface area contributed by atoms with Crippen molar-refractivity contribution in [3.05, 3.63) is 45.8 Å². The van der Waals surface area contributed by atoms with E-state index >= 15 is 0 Å². The van der Waals surface area contributed by atoms with Crippen LogP contribution in [0, 0.1) is 13.8 Å². The van der Waals surface area contributed by atoms with Gasteiger partial charge in [0.25, 0.3) is 0 Å². The summed E-state index contributed by atoms with van der Waals surface area (Å²) in [7, 11) is -3.98. The first-order valence-corrected chi connectivity index (χ1v) is 9.08. The average Bonchev–Trinajstić information content (AvgIpc) is 2.50. The molecule has 2 rings (SSSR count). The Morgan fingerprint density at radius 1 is 1.17 bits per heavy atom. The van der Waals surface area contributed by atoms with Crippen LogP contribution >= 0.6 is 15.9 Å². The van der Waals surface area contributed by atoms with Crippen molar-refractivity contribution in [1.82, 2.24) is 9.97 Å². The molecule has 0 saturated carbocycles. The van der Waals surface area contributed by atoms with Crippen LogP contribution in [-0.2, 0) is 14.6 Å². The number of esters is 1. The van der Waals surface area contributed by atoms with Crippen molar-refractivity contribution in [2.45, 2.75) is 30.7 Å². The lowest BCUT2D eigenvalue weighted by Gasteiger charge is -2.10. The molecule has 1 heterocycles. The van der Waals surface area contributed by atoms with Gasteiger partial charge in [0.15, 0.2) is 10.7 Å². The Bertz CT molecular complexity index is 849. The first-order valence-electron chi connectivity index (χ1n) is 6.80. The van der Waals surface area contributed by atoms with Crippen molar-refractivity contribution in [2.75, 3.05) is 6.61 Å². The molecule has 0 N–H and O–H groups in total. The Morgan fingerprint density at radius 3 is 2.35 bits per heavy atom. The van der Waals surface area contributed by atoms with Crippen molar-refractivity contribution in [3.8, 4) is 0 Å². The number of carbonyl (C=O) groups is 1. The van der Waals surface area contributed by atoms with Gasteiger partial charge < -0.3 is 4.74 Å². The predicted octanol–water partition coefficient (Wildman–Crippen LogP) is 2.87. The quantitative estimate of drug-likeness (QED) is 0.735. The summed E-state index contributed by atoms with van der Waals surface area (Å²) in [5.41, 5.74) is 0.960. The summed E-state index contributed by atoms with van der Waals surface area (Å²) in [6.45, 7) is 5.18. The molecule has 0 fully saturated rings. The van der Waals surface area contributed by atoms with E-state index in [4.69, 9.17) is 4.74 Å². The zero-order chi connectivity index (χ0) is 17.2. The number of carbonyl (C=O) groups excluding carboxylic acids is 1. The van der Waals surface area contributed by atoms with Crippen LogP contribution in [0.2, 0.25) is 0 Å². The summed E-state index contributed by atoms with van der Waals surface area (Å²) in [5, 5.41) is -0.402. The number of aromatic nitrogens is 2. The number of sulfone groups is 1. The molecule has 0 aliphatic heterocycles. The Hall–Kier alpha value is -1.80. The molecule has 0 aliphatic rings. The van der Waals surface area contributed by atoms with E-state index in [2.05, 4.69) is 25.9 Å². The molecule has 0 radical (unpaired) electrons. The molecule has 1 aromatic heterocycles. The van der Waals surface area contributed by atoms with E-state index in [0.717, 1.165) is 5.56 Å². The highest BCUT2D eigenvalue weighted by Gasteiger charge is 2.29. The van der Waals surface area contributed by atoms with Gasteiger partial charge >= 0.3 is 5.97 Å². The van der Waals surface area contributed by atoms with E-state index in [1.165, 1.54) is 12.1 Å². The standard InChI is InChI=1S/C15H15BrN2O4S/c1-4-22-15(19)12-14(17-10(3)13(16)18-12)23(20,21)11-7-5-9(2)6-8-11/h5-8H,4H2,1-3H3. The van der Waals surface area contributed by atoms with Crippen LogP contribution in [0.3, 0.4) is 0 Å². The van der Waals surface area contributed by atoms with Crippen LogP contribution in [0.1, 0.15) is 28.7 Å². The van der Waals surface area contributed by atoms with E-state index in [9.17, 15) is 13.2 Å². The van der Waals surface area contributed by atoms with E-state index < -0.39 is 20.8 Å². The molecule has 0 saturated heterocycles. The van der Waals surface area contributed by atoms with Crippen molar-refractivity contribution in [3.63, 3.8) is 0 Å². The number of halogens is 1. The second-order valence-electron chi connectivity index (χ2n) is 4.79. The molecule has 0 bridgehead atoms. The van der Waals surface area contributed by atoms with E-state index in [0.29, 0.717) is 10.3 Å². The van der Waals surface area contributed by atoms with Gasteiger partial charge in [-0.15, -0.1) is 0 Å². The lowest BCUT2D eigenvalue weighted by molar-refractivity contribution is 0.0513. The van der Waals surface area contributed by atoms with Gasteiger partial charge in [-0.05, 0) is 48.8 Å². The second kappa shape index (κ2) is 6.76. The number of ether oxygens (including phenoxy) is 1. The normalized spacial score (nSPS) is 11.3. The molecule has 0 aliphatic carbocycles. The molecule has 1 aromatic carbocycles. The molecule has 122 valence electrons. The summed E-state index contributed by atoms with van der Waals surface area (Å²) in [5.74, 6) is -0.827. The summed E-state index contributed by atoms with van der Waals surface area (Å²) in [6, 6.07) is 6.30. The van der Waals surface area contributed by atoms with Crippen LogP contribution in [0.25, 0.3) is 0 Å². The first kappa shape index (κ1) is 17.6. The number of nitrogens with zero attached hydrogens (tertiary/aromatic N) is 2. The Kier molecular flexibility index (Phi) is 5.16.